The maximum Gasteiger partial charge on any atom is 0.270 e. The van der Waals surface area contributed by atoms with E-state index in [1.165, 1.54) is 11.8 Å². The number of aromatic nitrogens is 2. The largest absolute Gasteiger partial charge is 0.497 e. The van der Waals surface area contributed by atoms with E-state index in [1.54, 1.807) is 55.8 Å². The van der Waals surface area contributed by atoms with Gasteiger partial charge in [-0.15, -0.1) is 0 Å². The summed E-state index contributed by atoms with van der Waals surface area (Å²) in [5, 5.41) is 9.82. The number of H-pyrrole nitrogens is 1. The zero-order valence-electron chi connectivity index (χ0n) is 14.1. The van der Waals surface area contributed by atoms with Crippen LogP contribution in [-0.2, 0) is 0 Å². The lowest BCUT2D eigenvalue weighted by molar-refractivity contribution is 0.413. The molecule has 0 bridgehead atoms. The number of nitriles is 1. The van der Waals surface area contributed by atoms with E-state index < -0.39 is 5.56 Å². The van der Waals surface area contributed by atoms with Crippen LogP contribution in [0.5, 0.6) is 17.2 Å². The number of para-hydroxylation sites is 1. The van der Waals surface area contributed by atoms with E-state index in [0.717, 1.165) is 5.75 Å². The SMILES string of the molecule is COc1ccc(Oc2ccccc2-c2nc(SC)[nH]c(=O)c2C#N)cc1. The highest BCUT2D eigenvalue weighted by Crippen LogP contribution is 2.34. The third-order valence-corrected chi connectivity index (χ3v) is 4.21. The number of thioether (sulfide) groups is 1. The highest BCUT2D eigenvalue weighted by atomic mass is 32.2. The van der Waals surface area contributed by atoms with Crippen molar-refractivity contribution >= 4 is 11.8 Å². The number of methoxy groups -OCH3 is 1. The Morgan fingerprint density at radius 1 is 1.12 bits per heavy atom. The van der Waals surface area contributed by atoms with Gasteiger partial charge in [0, 0.05) is 5.56 Å². The molecule has 0 spiro atoms. The molecule has 0 amide bonds. The molecule has 0 aliphatic rings. The van der Waals surface area contributed by atoms with Gasteiger partial charge in [-0.1, -0.05) is 23.9 Å². The first-order valence-electron chi connectivity index (χ1n) is 7.66. The summed E-state index contributed by atoms with van der Waals surface area (Å²) in [6, 6.07) is 16.2. The van der Waals surface area contributed by atoms with Crippen LogP contribution in [0, 0.1) is 11.3 Å². The minimum atomic E-state index is -0.471. The first-order chi connectivity index (χ1) is 12.7. The first kappa shape index (κ1) is 17.6. The highest BCUT2D eigenvalue weighted by molar-refractivity contribution is 7.98. The summed E-state index contributed by atoms with van der Waals surface area (Å²) in [6.07, 6.45) is 1.80. The second-order valence-electron chi connectivity index (χ2n) is 5.18. The number of nitrogens with one attached hydrogen (secondary N) is 1. The van der Waals surface area contributed by atoms with Crippen molar-refractivity contribution in [1.29, 1.82) is 5.26 Å². The Kier molecular flexibility index (Phi) is 5.25. The average molecular weight is 365 g/mol. The molecule has 0 unspecified atom stereocenters. The summed E-state index contributed by atoms with van der Waals surface area (Å²) in [7, 11) is 1.59. The topological polar surface area (TPSA) is 88.0 Å². The number of benzene rings is 2. The van der Waals surface area contributed by atoms with Gasteiger partial charge < -0.3 is 14.5 Å². The molecule has 26 heavy (non-hydrogen) atoms. The fraction of sp³-hybridized carbons (Fsp3) is 0.105. The van der Waals surface area contributed by atoms with Crippen molar-refractivity contribution in [2.24, 2.45) is 0 Å². The van der Waals surface area contributed by atoms with E-state index in [2.05, 4.69) is 9.97 Å². The minimum Gasteiger partial charge on any atom is -0.497 e. The lowest BCUT2D eigenvalue weighted by atomic mass is 10.1. The van der Waals surface area contributed by atoms with E-state index in [1.807, 2.05) is 12.1 Å². The molecular formula is C19H15N3O3S. The van der Waals surface area contributed by atoms with Gasteiger partial charge in [0.25, 0.3) is 5.56 Å². The number of ether oxygens (including phenoxy) is 2. The smallest absolute Gasteiger partial charge is 0.270 e. The van der Waals surface area contributed by atoms with Crippen molar-refractivity contribution < 1.29 is 9.47 Å². The van der Waals surface area contributed by atoms with Crippen LogP contribution in [-0.4, -0.2) is 23.3 Å². The van der Waals surface area contributed by atoms with Crippen LogP contribution in [0.3, 0.4) is 0 Å². The molecule has 0 aliphatic heterocycles. The molecule has 0 atom stereocenters. The average Bonchev–Trinajstić information content (AvgIpc) is 2.68. The summed E-state index contributed by atoms with van der Waals surface area (Å²) >= 11 is 1.29. The van der Waals surface area contributed by atoms with Crippen molar-refractivity contribution in [2.45, 2.75) is 5.16 Å². The van der Waals surface area contributed by atoms with Gasteiger partial charge in [0.15, 0.2) is 5.16 Å². The van der Waals surface area contributed by atoms with E-state index in [0.29, 0.717) is 27.9 Å². The van der Waals surface area contributed by atoms with E-state index in [-0.39, 0.29) is 5.56 Å². The molecular weight excluding hydrogens is 350 g/mol. The molecule has 0 aliphatic carbocycles. The number of rotatable bonds is 5. The molecule has 1 heterocycles. The molecule has 6 nitrogen and oxygen atoms in total. The lowest BCUT2D eigenvalue weighted by Crippen LogP contribution is -2.14. The Balaban J connectivity index is 2.09. The van der Waals surface area contributed by atoms with Crippen molar-refractivity contribution in [3.63, 3.8) is 0 Å². The van der Waals surface area contributed by atoms with Crippen LogP contribution in [0.4, 0.5) is 0 Å². The monoisotopic (exact) mass is 365 g/mol. The van der Waals surface area contributed by atoms with Crippen molar-refractivity contribution in [3.05, 3.63) is 64.4 Å². The van der Waals surface area contributed by atoms with Crippen LogP contribution in [0.25, 0.3) is 11.3 Å². The molecule has 130 valence electrons. The maximum atomic E-state index is 12.2. The third kappa shape index (κ3) is 3.55. The molecule has 1 aromatic heterocycles. The quantitative estimate of drug-likeness (QED) is 0.546. The summed E-state index contributed by atoms with van der Waals surface area (Å²) in [5.74, 6) is 1.82. The van der Waals surface area contributed by atoms with Crippen LogP contribution < -0.4 is 15.0 Å². The zero-order chi connectivity index (χ0) is 18.5. The van der Waals surface area contributed by atoms with Crippen molar-refractivity contribution in [2.75, 3.05) is 13.4 Å². The molecule has 3 rings (SSSR count). The Hall–Kier alpha value is -3.24. The van der Waals surface area contributed by atoms with Gasteiger partial charge in [-0.2, -0.15) is 5.26 Å². The molecule has 2 aromatic carbocycles. The highest BCUT2D eigenvalue weighted by Gasteiger charge is 2.17. The van der Waals surface area contributed by atoms with Gasteiger partial charge in [0.2, 0.25) is 0 Å². The standard InChI is InChI=1S/C19H15N3O3S/c1-24-12-7-9-13(10-8-12)25-16-6-4-3-5-14(16)17-15(11-20)18(23)22-19(21-17)26-2/h3-10H,1-2H3,(H,21,22,23). The predicted molar refractivity (Wildman–Crippen MR) is 99.9 cm³/mol. The summed E-state index contributed by atoms with van der Waals surface area (Å²) in [6.45, 7) is 0. The summed E-state index contributed by atoms with van der Waals surface area (Å²) in [5.41, 5.74) is 0.348. The Labute approximate surface area is 154 Å². The van der Waals surface area contributed by atoms with E-state index >= 15 is 0 Å². The lowest BCUT2D eigenvalue weighted by Gasteiger charge is -2.12. The molecule has 0 saturated heterocycles. The van der Waals surface area contributed by atoms with Gasteiger partial charge in [-0.25, -0.2) is 4.98 Å². The van der Waals surface area contributed by atoms with Gasteiger partial charge in [0.1, 0.15) is 34.6 Å². The second kappa shape index (κ2) is 7.76. The number of aromatic amines is 1. The van der Waals surface area contributed by atoms with Crippen LogP contribution in [0.1, 0.15) is 5.56 Å². The second-order valence-corrected chi connectivity index (χ2v) is 5.98. The van der Waals surface area contributed by atoms with Gasteiger partial charge in [-0.05, 0) is 42.7 Å². The molecule has 0 fully saturated rings. The Bertz CT molecular complexity index is 1020. The molecule has 7 heteroatoms. The zero-order valence-corrected chi connectivity index (χ0v) is 15.0. The summed E-state index contributed by atoms with van der Waals surface area (Å²) < 4.78 is 11.1. The van der Waals surface area contributed by atoms with Crippen LogP contribution >= 0.6 is 11.8 Å². The fourth-order valence-corrected chi connectivity index (χ4v) is 2.75. The number of hydrogen-bond acceptors (Lipinski definition) is 6. The fourth-order valence-electron chi connectivity index (χ4n) is 2.37. The molecule has 3 aromatic rings. The van der Waals surface area contributed by atoms with Gasteiger partial charge in [0.05, 0.1) is 7.11 Å². The van der Waals surface area contributed by atoms with Gasteiger partial charge in [-0.3, -0.25) is 4.79 Å². The minimum absolute atomic E-state index is 0.0476. The third-order valence-electron chi connectivity index (χ3n) is 3.63. The number of nitrogens with zero attached hydrogens (tertiary/aromatic N) is 2. The Morgan fingerprint density at radius 2 is 1.81 bits per heavy atom. The van der Waals surface area contributed by atoms with E-state index in [9.17, 15) is 10.1 Å². The van der Waals surface area contributed by atoms with Crippen LogP contribution in [0.15, 0.2) is 58.5 Å². The van der Waals surface area contributed by atoms with Crippen LogP contribution in [0.2, 0.25) is 0 Å². The number of hydrogen-bond donors (Lipinski definition) is 1. The first-order valence-corrected chi connectivity index (χ1v) is 8.88. The maximum absolute atomic E-state index is 12.2. The molecule has 1 N–H and O–H groups in total. The summed E-state index contributed by atoms with van der Waals surface area (Å²) in [4.78, 5) is 19.2. The molecule has 0 saturated carbocycles. The van der Waals surface area contributed by atoms with Crippen molar-refractivity contribution in [1.82, 2.24) is 9.97 Å². The predicted octanol–water partition coefficient (Wildman–Crippen LogP) is 3.83. The normalized spacial score (nSPS) is 10.2. The van der Waals surface area contributed by atoms with E-state index in [4.69, 9.17) is 9.47 Å². The van der Waals surface area contributed by atoms with Crippen molar-refractivity contribution in [3.8, 4) is 34.6 Å². The Morgan fingerprint density at radius 3 is 2.46 bits per heavy atom. The molecule has 0 radical (unpaired) electrons. The van der Waals surface area contributed by atoms with Gasteiger partial charge >= 0.3 is 0 Å².